The van der Waals surface area contributed by atoms with E-state index in [0.717, 1.165) is 22.9 Å². The smallest absolute Gasteiger partial charge is 0.431 e. The number of unbranched alkanes of at least 4 members (excludes halogenated alkanes) is 3. The van der Waals surface area contributed by atoms with Crippen LogP contribution in [0.2, 0.25) is 0 Å². The van der Waals surface area contributed by atoms with Gasteiger partial charge in [0.2, 0.25) is 0 Å². The lowest BCUT2D eigenvalue weighted by Crippen LogP contribution is -2.04. The first kappa shape index (κ1) is 20.3. The van der Waals surface area contributed by atoms with Gasteiger partial charge in [0.05, 0.1) is 0 Å². The molecular formula is C21H21F3N3S-. The van der Waals surface area contributed by atoms with E-state index in [-0.39, 0.29) is 5.69 Å². The molecule has 0 radical (unpaired) electrons. The maximum atomic E-state index is 12.7. The van der Waals surface area contributed by atoms with E-state index in [2.05, 4.69) is 34.2 Å². The van der Waals surface area contributed by atoms with E-state index >= 15 is 0 Å². The zero-order valence-electron chi connectivity index (χ0n) is 15.5. The molecule has 0 aliphatic heterocycles. The average Bonchev–Trinajstić information content (AvgIpc) is 3.33. The summed E-state index contributed by atoms with van der Waals surface area (Å²) >= 11 is 1.77. The number of hydrogen-bond acceptors (Lipinski definition) is 3. The molecule has 0 amide bonds. The van der Waals surface area contributed by atoms with Gasteiger partial charge in [-0.15, -0.1) is 11.3 Å². The van der Waals surface area contributed by atoms with Crippen LogP contribution in [0.15, 0.2) is 36.5 Å². The molecule has 0 saturated carbocycles. The van der Waals surface area contributed by atoms with Crippen molar-refractivity contribution in [1.82, 2.24) is 15.2 Å². The van der Waals surface area contributed by atoms with Crippen molar-refractivity contribution in [1.29, 1.82) is 0 Å². The third kappa shape index (κ3) is 5.55. The van der Waals surface area contributed by atoms with E-state index in [4.69, 9.17) is 0 Å². The fraction of sp³-hybridized carbons (Fsp3) is 0.333. The van der Waals surface area contributed by atoms with Gasteiger partial charge in [-0.2, -0.15) is 13.2 Å². The lowest BCUT2D eigenvalue weighted by Gasteiger charge is -2.04. The molecule has 0 aliphatic rings. The lowest BCUT2D eigenvalue weighted by molar-refractivity contribution is -0.141. The minimum absolute atomic E-state index is 0.119. The SMILES string of the molecule is CCCCCCc1ccc(/C=C/c2ccnc(-c3cc(C(F)(F)F)n[n-]3)c2)s1. The second-order valence-electron chi connectivity index (χ2n) is 6.54. The van der Waals surface area contributed by atoms with Crippen LogP contribution in [0.3, 0.4) is 0 Å². The summed E-state index contributed by atoms with van der Waals surface area (Å²) in [6.07, 6.45) is 7.10. The first-order chi connectivity index (χ1) is 13.5. The van der Waals surface area contributed by atoms with Crippen molar-refractivity contribution in [3.8, 4) is 11.4 Å². The van der Waals surface area contributed by atoms with Crippen molar-refractivity contribution in [2.75, 3.05) is 0 Å². The molecule has 0 fully saturated rings. The van der Waals surface area contributed by atoms with Gasteiger partial charge in [-0.05, 0) is 54.8 Å². The Morgan fingerprint density at radius 1 is 1.07 bits per heavy atom. The molecule has 0 aromatic carbocycles. The summed E-state index contributed by atoms with van der Waals surface area (Å²) in [5.41, 5.74) is 0.329. The van der Waals surface area contributed by atoms with Gasteiger partial charge in [0.15, 0.2) is 0 Å². The third-order valence-corrected chi connectivity index (χ3v) is 5.39. The molecule has 0 unspecified atom stereocenters. The molecule has 3 aromatic rings. The molecule has 28 heavy (non-hydrogen) atoms. The van der Waals surface area contributed by atoms with Gasteiger partial charge in [-0.1, -0.05) is 38.0 Å². The van der Waals surface area contributed by atoms with Crippen LogP contribution in [0.4, 0.5) is 13.2 Å². The van der Waals surface area contributed by atoms with Gasteiger partial charge in [-0.3, -0.25) is 4.98 Å². The van der Waals surface area contributed by atoms with E-state index < -0.39 is 11.9 Å². The standard InChI is InChI=1S/C21H21F3N3S/c1-2-3-4-5-6-16-9-10-17(28-16)8-7-15-11-12-25-18(13-15)19-14-20(27-26-19)21(22,23)24/h7-14H,2-6H2,1H3/q-1/b8-7+. The summed E-state index contributed by atoms with van der Waals surface area (Å²) < 4.78 is 38.1. The maximum absolute atomic E-state index is 12.7. The van der Waals surface area contributed by atoms with Crippen LogP contribution < -0.4 is 5.10 Å². The number of aryl methyl sites for hydroxylation is 1. The predicted molar refractivity (Wildman–Crippen MR) is 107 cm³/mol. The fourth-order valence-corrected chi connectivity index (χ4v) is 3.73. The van der Waals surface area contributed by atoms with Crippen LogP contribution in [0, 0.1) is 0 Å². The van der Waals surface area contributed by atoms with E-state index in [1.807, 2.05) is 12.2 Å². The van der Waals surface area contributed by atoms with Gasteiger partial charge in [0, 0.05) is 21.6 Å². The average molecular weight is 404 g/mol. The number of aromatic nitrogens is 3. The molecule has 0 saturated heterocycles. The summed E-state index contributed by atoms with van der Waals surface area (Å²) in [5.74, 6) is 0. The Labute approximate surface area is 166 Å². The molecule has 3 nitrogen and oxygen atoms in total. The summed E-state index contributed by atoms with van der Waals surface area (Å²) in [5, 5.41) is 6.80. The molecule has 3 heterocycles. The Kier molecular flexibility index (Phi) is 6.67. The summed E-state index contributed by atoms with van der Waals surface area (Å²) in [4.78, 5) is 6.63. The number of halogens is 3. The van der Waals surface area contributed by atoms with Crippen LogP contribution in [0.5, 0.6) is 0 Å². The van der Waals surface area contributed by atoms with Crippen LogP contribution in [0.1, 0.15) is 53.6 Å². The first-order valence-electron chi connectivity index (χ1n) is 9.26. The molecular weight excluding hydrogens is 383 g/mol. The molecule has 0 spiro atoms. The maximum Gasteiger partial charge on any atom is 0.431 e. The zero-order chi connectivity index (χ0) is 20.0. The van der Waals surface area contributed by atoms with E-state index in [1.165, 1.54) is 30.6 Å². The molecule has 7 heteroatoms. The Morgan fingerprint density at radius 2 is 1.93 bits per heavy atom. The highest BCUT2D eigenvalue weighted by Gasteiger charge is 2.31. The molecule has 0 bridgehead atoms. The number of rotatable bonds is 8. The number of nitrogens with zero attached hydrogens (tertiary/aromatic N) is 3. The zero-order valence-corrected chi connectivity index (χ0v) is 16.4. The first-order valence-corrected chi connectivity index (χ1v) is 10.1. The fourth-order valence-electron chi connectivity index (χ4n) is 2.77. The third-order valence-electron chi connectivity index (χ3n) is 4.27. The Morgan fingerprint density at radius 3 is 2.68 bits per heavy atom. The Bertz CT molecular complexity index is 925. The molecule has 0 N–H and O–H groups in total. The Hall–Kier alpha value is -2.41. The van der Waals surface area contributed by atoms with Gasteiger partial charge >= 0.3 is 6.18 Å². The number of hydrogen-bond donors (Lipinski definition) is 0. The largest absolute Gasteiger partial charge is 0.573 e. The molecule has 0 atom stereocenters. The molecule has 3 aromatic heterocycles. The normalized spacial score (nSPS) is 12.1. The minimum Gasteiger partial charge on any atom is -0.573 e. The van der Waals surface area contributed by atoms with E-state index in [9.17, 15) is 13.2 Å². The summed E-state index contributed by atoms with van der Waals surface area (Å²) in [7, 11) is 0. The number of thiophene rings is 1. The second-order valence-corrected chi connectivity index (χ2v) is 7.73. The predicted octanol–water partition coefficient (Wildman–Crippen LogP) is 6.47. The van der Waals surface area contributed by atoms with Crippen molar-refractivity contribution in [3.63, 3.8) is 0 Å². The van der Waals surface area contributed by atoms with Gasteiger partial charge in [-0.25, -0.2) is 0 Å². The summed E-state index contributed by atoms with van der Waals surface area (Å²) in [6.45, 7) is 2.21. The van der Waals surface area contributed by atoms with Crippen LogP contribution in [-0.2, 0) is 12.6 Å². The van der Waals surface area contributed by atoms with Crippen LogP contribution in [0.25, 0.3) is 23.5 Å². The second kappa shape index (κ2) is 9.19. The monoisotopic (exact) mass is 404 g/mol. The minimum atomic E-state index is -4.50. The molecule has 148 valence electrons. The lowest BCUT2D eigenvalue weighted by atomic mass is 10.1. The topological polar surface area (TPSA) is 39.9 Å². The summed E-state index contributed by atoms with van der Waals surface area (Å²) in [6, 6.07) is 8.68. The number of alkyl halides is 3. The molecule has 3 rings (SSSR count). The van der Waals surface area contributed by atoms with Crippen molar-refractivity contribution < 1.29 is 13.2 Å². The number of pyridine rings is 1. The van der Waals surface area contributed by atoms with Gasteiger partial charge < -0.3 is 10.2 Å². The van der Waals surface area contributed by atoms with E-state index in [0.29, 0.717) is 5.69 Å². The van der Waals surface area contributed by atoms with Gasteiger partial charge in [0.25, 0.3) is 0 Å². The van der Waals surface area contributed by atoms with Crippen molar-refractivity contribution >= 4 is 23.5 Å². The highest BCUT2D eigenvalue weighted by atomic mass is 32.1. The van der Waals surface area contributed by atoms with Crippen molar-refractivity contribution in [3.05, 3.63) is 57.5 Å². The van der Waals surface area contributed by atoms with Crippen LogP contribution >= 0.6 is 11.3 Å². The highest BCUT2D eigenvalue weighted by Crippen LogP contribution is 2.29. The van der Waals surface area contributed by atoms with Crippen molar-refractivity contribution in [2.24, 2.45) is 0 Å². The molecule has 0 aliphatic carbocycles. The van der Waals surface area contributed by atoms with Crippen LogP contribution in [-0.4, -0.2) is 10.1 Å². The van der Waals surface area contributed by atoms with E-state index in [1.54, 1.807) is 29.7 Å². The Balaban J connectivity index is 1.66. The highest BCUT2D eigenvalue weighted by molar-refractivity contribution is 7.12. The quantitative estimate of drug-likeness (QED) is 0.404. The van der Waals surface area contributed by atoms with Crippen molar-refractivity contribution in [2.45, 2.75) is 45.2 Å². The van der Waals surface area contributed by atoms with Gasteiger partial charge in [0.1, 0.15) is 5.69 Å².